The first-order valence-electron chi connectivity index (χ1n) is 9.27. The van der Waals surface area contributed by atoms with Gasteiger partial charge in [0.1, 0.15) is 35.8 Å². The fourth-order valence-corrected chi connectivity index (χ4v) is 3.77. The first-order valence-corrected chi connectivity index (χ1v) is 10.8. The number of benzene rings is 1. The van der Waals surface area contributed by atoms with Gasteiger partial charge in [-0.1, -0.05) is 12.1 Å². The van der Waals surface area contributed by atoms with Gasteiger partial charge >= 0.3 is 13.8 Å². The van der Waals surface area contributed by atoms with Crippen molar-refractivity contribution in [1.29, 1.82) is 0 Å². The standard InChI is InChI=1S/C18H19N4O9P/c1-29-18(25)10-4-2-3-9(5-10)12-13-16(20-7-19-12)22(8-21-13)17-15(24)14(23)11(31-17)6-30-32(26,27)28/h2-5,7-8,11,14-15,17,23-24H,6H2,1H3,(H2,26,27,28)/t11-,14-,15-,17-/m1/s1. The molecule has 0 radical (unpaired) electrons. The Morgan fingerprint density at radius 2 is 2.00 bits per heavy atom. The summed E-state index contributed by atoms with van der Waals surface area (Å²) in [7, 11) is -3.51. The van der Waals surface area contributed by atoms with E-state index in [-0.39, 0.29) is 5.65 Å². The molecule has 1 fully saturated rings. The summed E-state index contributed by atoms with van der Waals surface area (Å²) in [4.78, 5) is 42.3. The Morgan fingerprint density at radius 3 is 2.72 bits per heavy atom. The van der Waals surface area contributed by atoms with E-state index in [0.29, 0.717) is 22.3 Å². The van der Waals surface area contributed by atoms with Crippen LogP contribution in [0.4, 0.5) is 0 Å². The van der Waals surface area contributed by atoms with Crippen molar-refractivity contribution in [3.05, 3.63) is 42.5 Å². The molecule has 4 N–H and O–H groups in total. The molecule has 3 heterocycles. The van der Waals surface area contributed by atoms with Crippen molar-refractivity contribution < 1.29 is 43.4 Å². The second-order valence-electron chi connectivity index (χ2n) is 6.95. The van der Waals surface area contributed by atoms with Crippen LogP contribution in [0.5, 0.6) is 0 Å². The number of methoxy groups -OCH3 is 1. The predicted molar refractivity (Wildman–Crippen MR) is 106 cm³/mol. The maximum absolute atomic E-state index is 11.8. The smallest absolute Gasteiger partial charge is 0.465 e. The molecule has 1 aliphatic rings. The average molecular weight is 466 g/mol. The summed E-state index contributed by atoms with van der Waals surface area (Å²) in [6, 6.07) is 6.58. The monoisotopic (exact) mass is 466 g/mol. The minimum absolute atomic E-state index is 0.270. The number of phosphoric acid groups is 1. The number of nitrogens with zero attached hydrogens (tertiary/aromatic N) is 4. The van der Waals surface area contributed by atoms with Gasteiger partial charge in [0.15, 0.2) is 11.9 Å². The summed E-state index contributed by atoms with van der Waals surface area (Å²) < 4.78 is 27.0. The summed E-state index contributed by atoms with van der Waals surface area (Å²) >= 11 is 0. The van der Waals surface area contributed by atoms with E-state index in [4.69, 9.17) is 19.3 Å². The normalized spacial score (nSPS) is 23.5. The fourth-order valence-electron chi connectivity index (χ4n) is 3.43. The minimum atomic E-state index is -4.78. The molecule has 0 aliphatic carbocycles. The number of rotatable bonds is 6. The van der Waals surface area contributed by atoms with Gasteiger partial charge in [0.2, 0.25) is 0 Å². The molecule has 32 heavy (non-hydrogen) atoms. The lowest BCUT2D eigenvalue weighted by atomic mass is 10.1. The zero-order valence-corrected chi connectivity index (χ0v) is 17.4. The van der Waals surface area contributed by atoms with E-state index in [0.717, 1.165) is 0 Å². The zero-order chi connectivity index (χ0) is 23.0. The summed E-state index contributed by atoms with van der Waals surface area (Å²) in [5.74, 6) is -0.511. The molecular formula is C18H19N4O9P. The first-order chi connectivity index (χ1) is 15.2. The molecule has 170 valence electrons. The highest BCUT2D eigenvalue weighted by Gasteiger charge is 2.45. The largest absolute Gasteiger partial charge is 0.469 e. The van der Waals surface area contributed by atoms with E-state index in [1.807, 2.05) is 0 Å². The van der Waals surface area contributed by atoms with Crippen LogP contribution in [0.1, 0.15) is 16.6 Å². The number of esters is 1. The minimum Gasteiger partial charge on any atom is -0.465 e. The van der Waals surface area contributed by atoms with E-state index in [1.165, 1.54) is 24.3 Å². The van der Waals surface area contributed by atoms with Crippen LogP contribution in [0, 0.1) is 0 Å². The van der Waals surface area contributed by atoms with Crippen LogP contribution in [0.25, 0.3) is 22.4 Å². The molecule has 4 rings (SSSR count). The van der Waals surface area contributed by atoms with Gasteiger partial charge in [-0.15, -0.1) is 0 Å². The lowest BCUT2D eigenvalue weighted by Gasteiger charge is -2.16. The Kier molecular flexibility index (Phi) is 6.05. The molecular weight excluding hydrogens is 447 g/mol. The van der Waals surface area contributed by atoms with Crippen LogP contribution in [0.2, 0.25) is 0 Å². The molecule has 4 atom stereocenters. The van der Waals surface area contributed by atoms with Gasteiger partial charge in [0.05, 0.1) is 25.6 Å². The summed E-state index contributed by atoms with van der Waals surface area (Å²) in [5, 5.41) is 20.6. The van der Waals surface area contributed by atoms with Crippen LogP contribution < -0.4 is 0 Å². The Labute approximate surface area is 180 Å². The summed E-state index contributed by atoms with van der Waals surface area (Å²) in [5.41, 5.74) is 1.92. The Morgan fingerprint density at radius 1 is 1.22 bits per heavy atom. The van der Waals surface area contributed by atoms with Gasteiger partial charge in [-0.2, -0.15) is 0 Å². The molecule has 0 unspecified atom stereocenters. The van der Waals surface area contributed by atoms with Crippen molar-refractivity contribution in [2.75, 3.05) is 13.7 Å². The van der Waals surface area contributed by atoms with E-state index < -0.39 is 44.9 Å². The van der Waals surface area contributed by atoms with Gasteiger partial charge in [0.25, 0.3) is 0 Å². The van der Waals surface area contributed by atoms with E-state index in [9.17, 15) is 19.6 Å². The highest BCUT2D eigenvalue weighted by atomic mass is 31.2. The molecule has 0 saturated carbocycles. The second-order valence-corrected chi connectivity index (χ2v) is 8.19. The molecule has 0 spiro atoms. The second kappa shape index (κ2) is 8.64. The number of fused-ring (bicyclic) bond motifs is 1. The molecule has 3 aromatic rings. The lowest BCUT2D eigenvalue weighted by Crippen LogP contribution is -2.33. The van der Waals surface area contributed by atoms with Crippen molar-refractivity contribution >= 4 is 25.0 Å². The van der Waals surface area contributed by atoms with Gasteiger partial charge in [-0.05, 0) is 12.1 Å². The van der Waals surface area contributed by atoms with E-state index in [2.05, 4.69) is 19.5 Å². The molecule has 1 aliphatic heterocycles. The number of carbonyl (C=O) groups is 1. The number of aliphatic hydroxyl groups is 2. The molecule has 2 aromatic heterocycles. The third-order valence-electron chi connectivity index (χ3n) is 4.93. The number of carbonyl (C=O) groups excluding carboxylic acids is 1. The maximum atomic E-state index is 11.8. The van der Waals surface area contributed by atoms with Crippen molar-refractivity contribution in [2.45, 2.75) is 24.5 Å². The van der Waals surface area contributed by atoms with Gasteiger partial charge in [-0.25, -0.2) is 24.3 Å². The third kappa shape index (κ3) is 4.27. The topological polar surface area (TPSA) is 186 Å². The van der Waals surface area contributed by atoms with Gasteiger partial charge in [0, 0.05) is 5.56 Å². The zero-order valence-electron chi connectivity index (χ0n) is 16.5. The van der Waals surface area contributed by atoms with Gasteiger partial charge < -0.3 is 29.5 Å². The quantitative estimate of drug-likeness (QED) is 0.282. The first kappa shape index (κ1) is 22.4. The van der Waals surface area contributed by atoms with Crippen molar-refractivity contribution in [3.63, 3.8) is 0 Å². The molecule has 1 aromatic carbocycles. The Balaban J connectivity index is 1.67. The van der Waals surface area contributed by atoms with Crippen LogP contribution in [-0.4, -0.2) is 77.5 Å². The predicted octanol–water partition coefficient (Wildman–Crippen LogP) is 0.00840. The molecule has 13 nitrogen and oxygen atoms in total. The molecule has 1 saturated heterocycles. The molecule has 14 heteroatoms. The van der Waals surface area contributed by atoms with Crippen molar-refractivity contribution in [1.82, 2.24) is 19.5 Å². The van der Waals surface area contributed by atoms with Crippen LogP contribution >= 0.6 is 7.82 Å². The van der Waals surface area contributed by atoms with E-state index >= 15 is 0 Å². The van der Waals surface area contributed by atoms with Crippen molar-refractivity contribution in [3.8, 4) is 11.3 Å². The fraction of sp³-hybridized carbons (Fsp3) is 0.333. The number of aliphatic hydroxyl groups excluding tert-OH is 2. The number of phosphoric ester groups is 1. The van der Waals surface area contributed by atoms with Gasteiger partial charge in [-0.3, -0.25) is 9.09 Å². The van der Waals surface area contributed by atoms with E-state index in [1.54, 1.807) is 24.3 Å². The van der Waals surface area contributed by atoms with Crippen LogP contribution in [-0.2, 0) is 18.6 Å². The summed E-state index contributed by atoms with van der Waals surface area (Å²) in [6.07, 6.45) is -2.66. The molecule has 0 bridgehead atoms. The average Bonchev–Trinajstić information content (AvgIpc) is 3.32. The van der Waals surface area contributed by atoms with Crippen LogP contribution in [0.3, 0.4) is 0 Å². The summed E-state index contributed by atoms with van der Waals surface area (Å²) in [6.45, 7) is -0.633. The number of aromatic nitrogens is 4. The highest BCUT2D eigenvalue weighted by Crippen LogP contribution is 2.39. The van der Waals surface area contributed by atoms with Crippen LogP contribution in [0.15, 0.2) is 36.9 Å². The number of hydrogen-bond donors (Lipinski definition) is 4. The SMILES string of the molecule is COC(=O)c1cccc(-c2ncnc3c2ncn3[C@@H]2O[C@H](COP(=O)(O)O)[C@@H](O)[C@H]2O)c1. The molecule has 0 amide bonds. The Hall–Kier alpha value is -2.77. The lowest BCUT2D eigenvalue weighted by molar-refractivity contribution is -0.0504. The third-order valence-corrected chi connectivity index (χ3v) is 5.42. The highest BCUT2D eigenvalue weighted by molar-refractivity contribution is 7.46. The van der Waals surface area contributed by atoms with Crippen molar-refractivity contribution in [2.24, 2.45) is 0 Å². The number of hydrogen-bond acceptors (Lipinski definition) is 10. The number of ether oxygens (including phenoxy) is 2. The Bertz CT molecular complexity index is 1200. The number of imidazole rings is 1. The maximum Gasteiger partial charge on any atom is 0.469 e.